The van der Waals surface area contributed by atoms with Crippen LogP contribution in [0, 0.1) is 41.6 Å². The molecule has 0 spiro atoms. The fourth-order valence-electron chi connectivity index (χ4n) is 12.1. The van der Waals surface area contributed by atoms with Gasteiger partial charge in [-0.3, -0.25) is 40.0 Å². The van der Waals surface area contributed by atoms with Crippen molar-refractivity contribution in [2.75, 3.05) is 87.7 Å². The molecule has 1 aliphatic carbocycles. The van der Waals surface area contributed by atoms with Crippen LogP contribution in [0.2, 0.25) is 5.02 Å². The van der Waals surface area contributed by atoms with Crippen molar-refractivity contribution in [3.05, 3.63) is 179 Å². The monoisotopic (exact) mass is 1540 g/mol. The van der Waals surface area contributed by atoms with Gasteiger partial charge in [0.05, 0.1) is 65.1 Å². The van der Waals surface area contributed by atoms with Crippen molar-refractivity contribution in [3.63, 3.8) is 0 Å². The number of aromatic amines is 1. The Kier molecular flexibility index (Phi) is 26.3. The number of fused-ring (bicyclic) bond motifs is 1. The Balaban J connectivity index is 0.000000249. The molecule has 7 aromatic rings. The number of nitrogens with zero attached hydrogens (tertiary/aromatic N) is 6. The van der Waals surface area contributed by atoms with Gasteiger partial charge >= 0.3 is 11.9 Å². The molecule has 0 saturated carbocycles. The molecule has 1 amide bonds. The Morgan fingerprint density at radius 2 is 1.28 bits per heavy atom. The smallest absolute Gasteiger partial charge is 0.416 e. The van der Waals surface area contributed by atoms with Gasteiger partial charge in [-0.1, -0.05) is 37.1 Å². The number of nitro benzene ring substituents is 3. The molecule has 0 bridgehead atoms. The molecular weight excluding hydrogens is 1470 g/mol. The van der Waals surface area contributed by atoms with Crippen LogP contribution in [0.5, 0.6) is 11.5 Å². The maximum absolute atomic E-state index is 13.9. The van der Waals surface area contributed by atoms with E-state index < -0.39 is 89.5 Å². The van der Waals surface area contributed by atoms with E-state index in [-0.39, 0.29) is 55.9 Å². The van der Waals surface area contributed by atoms with Crippen molar-refractivity contribution in [2.24, 2.45) is 21.4 Å². The summed E-state index contributed by atoms with van der Waals surface area (Å²) >= 11 is 6.53. The second-order valence-electron chi connectivity index (χ2n) is 25.9. The van der Waals surface area contributed by atoms with Gasteiger partial charge in [-0.25, -0.2) is 45.2 Å². The standard InChI is InChI=1S/C45H47ClF3N7O7S.C11H15N3O5S.C6H5FN2O4S.C5H11NO/c1-44(2)13-11-29(37(24-44)35-8-5-30(21-38(35)46)45(47,48)49)27-54-15-17-55(18-16-54)31-6-9-36(41(22-31)63-33-20-28-12-14-50-42(28)52-26-33)43(57)53-64(60,61)34-7-10-39(40(23-34)56(58)59)51-25-32-4-3-19-62-32;12-20(17,18)9-3-4-10(11(6-9)14(15)16)13-7-8-2-1-5-19-8;7-5-2-1-4(14(8,12)13)3-6(5)9(10)11;6-4-5-2-1-3-7-5/h5-10,12,14,20-23,26,32,51H,3-4,11,13,15-19,24-25,27H2,1-2H3,(H,50,52)(H,53,57);3-4,6,8,13H,1-2,5,7H2,(H2,12,17,18);1-3H,(H2,8,12,13);5H,1-4,6H2/t32-;8-;;5-/m00.0/s1. The number of alkyl halides is 3. The van der Waals surface area contributed by atoms with Crippen LogP contribution in [0.15, 0.2) is 136 Å². The highest BCUT2D eigenvalue weighted by Gasteiger charge is 2.35. The van der Waals surface area contributed by atoms with E-state index in [1.54, 1.807) is 30.5 Å². The lowest BCUT2D eigenvalue weighted by molar-refractivity contribution is -0.387. The Morgan fingerprint density at radius 1 is 0.724 bits per heavy atom. The highest BCUT2D eigenvalue weighted by atomic mass is 35.5. The Labute approximate surface area is 606 Å². The zero-order valence-electron chi connectivity index (χ0n) is 56.8. The van der Waals surface area contributed by atoms with Crippen LogP contribution in [0.4, 0.5) is 51.7 Å². The summed E-state index contributed by atoms with van der Waals surface area (Å²) in [6.45, 7) is 11.1. The van der Waals surface area contributed by atoms with E-state index in [0.717, 1.165) is 98.4 Å². The third-order valence-electron chi connectivity index (χ3n) is 17.8. The number of allylic oxidation sites excluding steroid dienone is 1. The predicted molar refractivity (Wildman–Crippen MR) is 382 cm³/mol. The average molecular weight is 1550 g/mol. The maximum atomic E-state index is 13.9. The number of hydrogen-bond donors (Lipinski definition) is 7. The Hall–Kier alpha value is -9.02. The molecule has 38 heteroatoms. The van der Waals surface area contributed by atoms with Gasteiger partial charge in [0.15, 0.2) is 0 Å². The van der Waals surface area contributed by atoms with Crippen molar-refractivity contribution in [1.82, 2.24) is 19.6 Å². The minimum Gasteiger partial charge on any atom is -0.455 e. The molecular formula is C67H78ClF4N13O17S3. The first-order valence-electron chi connectivity index (χ1n) is 33.0. The van der Waals surface area contributed by atoms with Gasteiger partial charge in [0, 0.05) is 119 Å². The number of nitrogens with two attached hydrogens (primary N) is 3. The number of ether oxygens (including phenoxy) is 4. The van der Waals surface area contributed by atoms with Crippen molar-refractivity contribution >= 4 is 98.3 Å². The quantitative estimate of drug-likeness (QED) is 0.0200. The first-order chi connectivity index (χ1) is 49.5. The number of halogens is 5. The number of amides is 1. The Morgan fingerprint density at radius 3 is 1.80 bits per heavy atom. The number of aromatic nitrogens is 2. The van der Waals surface area contributed by atoms with E-state index in [2.05, 4.69) is 49.0 Å². The van der Waals surface area contributed by atoms with Crippen molar-refractivity contribution < 1.29 is 81.3 Å². The number of anilines is 3. The number of carbonyl (C=O) groups excluding carboxylic acids is 1. The molecule has 105 heavy (non-hydrogen) atoms. The van der Waals surface area contributed by atoms with Gasteiger partial charge in [-0.2, -0.15) is 17.6 Å². The number of H-pyrrole nitrogens is 1. The van der Waals surface area contributed by atoms with Crippen LogP contribution in [0.1, 0.15) is 93.1 Å². The first-order valence-corrected chi connectivity index (χ1v) is 38.0. The van der Waals surface area contributed by atoms with E-state index in [9.17, 15) is 78.0 Å². The number of nitro groups is 3. The number of hydrogen-bond acceptors (Lipinski definition) is 23. The molecule has 4 aliphatic heterocycles. The van der Waals surface area contributed by atoms with E-state index >= 15 is 0 Å². The number of sulfonamides is 3. The molecule has 4 saturated heterocycles. The molecule has 12 rings (SSSR count). The molecule has 5 aliphatic rings. The summed E-state index contributed by atoms with van der Waals surface area (Å²) in [7, 11) is -12.6. The fraction of sp³-hybridized carbons (Fsp3) is 0.403. The normalized spacial score (nSPS) is 18.4. The van der Waals surface area contributed by atoms with Gasteiger partial charge in [0.25, 0.3) is 27.3 Å². The summed E-state index contributed by atoms with van der Waals surface area (Å²) < 4.78 is 149. The van der Waals surface area contributed by atoms with Gasteiger partial charge < -0.3 is 45.2 Å². The van der Waals surface area contributed by atoms with Gasteiger partial charge in [-0.15, -0.1) is 0 Å². The summed E-state index contributed by atoms with van der Waals surface area (Å²) in [5.41, 5.74) is 7.12. The number of primary sulfonamides is 2. The highest BCUT2D eigenvalue weighted by Crippen LogP contribution is 2.46. The zero-order chi connectivity index (χ0) is 76.2. The topological polar surface area (TPSA) is 435 Å². The summed E-state index contributed by atoms with van der Waals surface area (Å²) in [5.74, 6) is -1.78. The molecule has 0 unspecified atom stereocenters. The number of pyridine rings is 1. The second kappa shape index (κ2) is 34.5. The number of nitrogens with one attached hydrogen (secondary N) is 4. The molecule has 0 radical (unpaired) electrons. The van der Waals surface area contributed by atoms with Crippen LogP contribution in [0.3, 0.4) is 0 Å². The third-order valence-corrected chi connectivity index (χ3v) is 21.3. The summed E-state index contributed by atoms with van der Waals surface area (Å²) in [5, 5.41) is 49.6. The SMILES string of the molecule is CC1(C)CCC(CN2CCN(c3ccc(C(=O)NS(=O)(=O)c4ccc(NC[C@@H]5CCCO5)c([N+](=O)[O-])c4)c(Oc4cnc5[nH]ccc5c4)c3)CC2)=C(c2ccc(C(F)(F)F)cc2Cl)C1.NC[C@@H]1CCCO1.NS(=O)(=O)c1ccc(F)c([N+](=O)[O-])c1.NS(=O)(=O)c1ccc(NC[C@@H]2CCCO2)c([N+](=O)[O-])c1. The Bertz CT molecular complexity index is 4720. The molecule has 2 aromatic heterocycles. The predicted octanol–water partition coefficient (Wildman–Crippen LogP) is 10.8. The van der Waals surface area contributed by atoms with E-state index in [4.69, 9.17) is 46.6 Å². The van der Waals surface area contributed by atoms with Crippen LogP contribution >= 0.6 is 11.6 Å². The van der Waals surface area contributed by atoms with Crippen molar-refractivity contribution in [2.45, 2.75) is 111 Å². The highest BCUT2D eigenvalue weighted by molar-refractivity contribution is 7.90. The summed E-state index contributed by atoms with van der Waals surface area (Å²) in [6.07, 6.45) is 7.29. The minimum absolute atomic E-state index is 0.0209. The molecule has 3 atom stereocenters. The third kappa shape index (κ3) is 21.8. The number of rotatable bonds is 21. The molecule has 5 aromatic carbocycles. The van der Waals surface area contributed by atoms with E-state index in [1.165, 1.54) is 49.0 Å². The van der Waals surface area contributed by atoms with Gasteiger partial charge in [0.1, 0.15) is 28.5 Å². The lowest BCUT2D eigenvalue weighted by Crippen LogP contribution is -2.47. The maximum Gasteiger partial charge on any atom is 0.416 e. The van der Waals surface area contributed by atoms with Crippen molar-refractivity contribution in [1.29, 1.82) is 0 Å². The number of carbonyl (C=O) groups is 1. The minimum atomic E-state index is -4.61. The van der Waals surface area contributed by atoms with Crippen LogP contribution in [-0.2, 0) is 50.5 Å². The molecule has 566 valence electrons. The fourth-order valence-corrected chi connectivity index (χ4v) is 14.5. The van der Waals surface area contributed by atoms with E-state index in [0.29, 0.717) is 113 Å². The van der Waals surface area contributed by atoms with Crippen LogP contribution in [-0.4, -0.2) is 151 Å². The number of benzene rings is 5. The molecule has 10 N–H and O–H groups in total. The molecule has 30 nitrogen and oxygen atoms in total. The molecule has 6 heterocycles. The second-order valence-corrected chi connectivity index (χ2v) is 31.1. The molecule has 4 fully saturated rings. The van der Waals surface area contributed by atoms with Gasteiger partial charge in [-0.05, 0) is 147 Å². The summed E-state index contributed by atoms with van der Waals surface area (Å²) in [6, 6.07) is 21.0. The first kappa shape index (κ1) is 80.1. The van der Waals surface area contributed by atoms with Crippen molar-refractivity contribution in [3.8, 4) is 11.5 Å². The largest absolute Gasteiger partial charge is 0.455 e. The number of piperazine rings is 1. The zero-order valence-corrected chi connectivity index (χ0v) is 60.0. The van der Waals surface area contributed by atoms with Crippen LogP contribution in [0.25, 0.3) is 16.6 Å². The summed E-state index contributed by atoms with van der Waals surface area (Å²) in [4.78, 5) is 55.3. The lowest BCUT2D eigenvalue weighted by Gasteiger charge is -2.39. The van der Waals surface area contributed by atoms with Crippen LogP contribution < -0.4 is 41.0 Å². The van der Waals surface area contributed by atoms with E-state index in [1.807, 2.05) is 0 Å². The van der Waals surface area contributed by atoms with Gasteiger partial charge in [0.2, 0.25) is 25.9 Å². The lowest BCUT2D eigenvalue weighted by atomic mass is 9.72. The average Bonchev–Trinajstić information content (AvgIpc) is 0.825.